The molecule has 8 heteroatoms. The fourth-order valence-corrected chi connectivity index (χ4v) is 1.82. The first-order chi connectivity index (χ1) is 10.8. The van der Waals surface area contributed by atoms with Crippen molar-refractivity contribution in [2.75, 3.05) is 33.1 Å². The molecular weight excluding hydrogens is 304 g/mol. The van der Waals surface area contributed by atoms with Gasteiger partial charge in [-0.1, -0.05) is 6.92 Å². The largest absolute Gasteiger partial charge is 0.495 e. The molecule has 0 aromatic heterocycles. The van der Waals surface area contributed by atoms with Gasteiger partial charge >= 0.3 is 18.0 Å². The summed E-state index contributed by atoms with van der Waals surface area (Å²) in [5, 5.41) is 11.5. The van der Waals surface area contributed by atoms with E-state index < -0.39 is 23.9 Å². The highest BCUT2D eigenvalue weighted by molar-refractivity contribution is 5.94. The third kappa shape index (κ3) is 4.87. The quantitative estimate of drug-likeness (QED) is 0.771. The number of ether oxygens (including phenoxy) is 2. The van der Waals surface area contributed by atoms with Crippen molar-refractivity contribution in [3.63, 3.8) is 0 Å². The van der Waals surface area contributed by atoms with Gasteiger partial charge in [0.2, 0.25) is 0 Å². The SMILES string of the molecule is COC(=O)c1ccc(NC(=O)N(C)CC(C)C(=O)O)c(OC)c1. The molecule has 0 fully saturated rings. The van der Waals surface area contributed by atoms with E-state index in [9.17, 15) is 14.4 Å². The summed E-state index contributed by atoms with van der Waals surface area (Å²) in [7, 11) is 4.16. The molecule has 1 unspecified atom stereocenters. The predicted molar refractivity (Wildman–Crippen MR) is 82.8 cm³/mol. The number of carbonyl (C=O) groups is 3. The average Bonchev–Trinajstić information content (AvgIpc) is 2.53. The maximum Gasteiger partial charge on any atom is 0.337 e. The molecule has 0 aliphatic rings. The second kappa shape index (κ2) is 8.02. The van der Waals surface area contributed by atoms with E-state index in [0.29, 0.717) is 11.4 Å². The number of carbonyl (C=O) groups excluding carboxylic acids is 2. The zero-order valence-electron chi connectivity index (χ0n) is 13.5. The molecule has 0 radical (unpaired) electrons. The first-order valence-corrected chi connectivity index (χ1v) is 6.81. The molecule has 0 bridgehead atoms. The number of benzene rings is 1. The van der Waals surface area contributed by atoms with Crippen molar-refractivity contribution < 1.29 is 29.0 Å². The molecule has 0 saturated heterocycles. The summed E-state index contributed by atoms with van der Waals surface area (Å²) in [6, 6.07) is 3.96. The van der Waals surface area contributed by atoms with Crippen LogP contribution in [0.5, 0.6) is 5.75 Å². The van der Waals surface area contributed by atoms with Crippen LogP contribution < -0.4 is 10.1 Å². The Morgan fingerprint density at radius 1 is 1.30 bits per heavy atom. The van der Waals surface area contributed by atoms with Crippen molar-refractivity contribution in [3.05, 3.63) is 23.8 Å². The molecule has 0 aliphatic carbocycles. The Morgan fingerprint density at radius 2 is 1.96 bits per heavy atom. The Bertz CT molecular complexity index is 602. The number of aliphatic carboxylic acids is 1. The van der Waals surface area contributed by atoms with Gasteiger partial charge in [0, 0.05) is 13.6 Å². The Labute approximate surface area is 134 Å². The number of carboxylic acids is 1. The Balaban J connectivity index is 2.85. The minimum atomic E-state index is -0.982. The van der Waals surface area contributed by atoms with Gasteiger partial charge in [-0.2, -0.15) is 0 Å². The van der Waals surface area contributed by atoms with Crippen LogP contribution in [0.25, 0.3) is 0 Å². The molecule has 8 nitrogen and oxygen atoms in total. The molecule has 2 N–H and O–H groups in total. The third-order valence-corrected chi connectivity index (χ3v) is 3.18. The highest BCUT2D eigenvalue weighted by Crippen LogP contribution is 2.26. The van der Waals surface area contributed by atoms with Crippen LogP contribution in [0.1, 0.15) is 17.3 Å². The molecule has 0 heterocycles. The molecule has 2 amide bonds. The van der Waals surface area contributed by atoms with Crippen LogP contribution in [-0.2, 0) is 9.53 Å². The van der Waals surface area contributed by atoms with Gasteiger partial charge in [-0.3, -0.25) is 4.79 Å². The van der Waals surface area contributed by atoms with Crippen molar-refractivity contribution in [1.82, 2.24) is 4.90 Å². The molecular formula is C15H20N2O6. The van der Waals surface area contributed by atoms with Crippen LogP contribution in [0.3, 0.4) is 0 Å². The molecule has 0 spiro atoms. The van der Waals surface area contributed by atoms with Gasteiger partial charge in [-0.15, -0.1) is 0 Å². The third-order valence-electron chi connectivity index (χ3n) is 3.18. The standard InChI is InChI=1S/C15H20N2O6/c1-9(13(18)19)8-17(2)15(21)16-11-6-5-10(14(20)23-4)7-12(11)22-3/h5-7,9H,8H2,1-4H3,(H,16,21)(H,18,19). The van der Waals surface area contributed by atoms with E-state index in [1.807, 2.05) is 0 Å². The fraction of sp³-hybridized carbons (Fsp3) is 0.400. The number of nitrogens with one attached hydrogen (secondary N) is 1. The van der Waals surface area contributed by atoms with Crippen molar-refractivity contribution >= 4 is 23.7 Å². The van der Waals surface area contributed by atoms with E-state index in [-0.39, 0.29) is 12.1 Å². The monoisotopic (exact) mass is 324 g/mol. The fourth-order valence-electron chi connectivity index (χ4n) is 1.82. The maximum atomic E-state index is 12.1. The smallest absolute Gasteiger partial charge is 0.337 e. The second-order valence-electron chi connectivity index (χ2n) is 4.96. The van der Waals surface area contributed by atoms with Crippen LogP contribution in [0.4, 0.5) is 10.5 Å². The maximum absolute atomic E-state index is 12.1. The molecule has 0 aliphatic heterocycles. The molecule has 0 saturated carbocycles. The molecule has 23 heavy (non-hydrogen) atoms. The molecule has 1 atom stereocenters. The van der Waals surface area contributed by atoms with Gasteiger partial charge in [-0.05, 0) is 18.2 Å². The summed E-state index contributed by atoms with van der Waals surface area (Å²) < 4.78 is 9.76. The van der Waals surface area contributed by atoms with Crippen LogP contribution in [0.15, 0.2) is 18.2 Å². The first kappa shape index (κ1) is 18.3. The number of carboxylic acid groups (broad SMARTS) is 1. The number of rotatable bonds is 6. The summed E-state index contributed by atoms with van der Waals surface area (Å²) >= 11 is 0. The van der Waals surface area contributed by atoms with Crippen molar-refractivity contribution in [2.24, 2.45) is 5.92 Å². The molecule has 126 valence electrons. The lowest BCUT2D eigenvalue weighted by molar-refractivity contribution is -0.141. The zero-order chi connectivity index (χ0) is 17.6. The Kier molecular flexibility index (Phi) is 6.37. The van der Waals surface area contributed by atoms with E-state index in [1.54, 1.807) is 0 Å². The van der Waals surface area contributed by atoms with Crippen molar-refractivity contribution in [3.8, 4) is 5.75 Å². The summed E-state index contributed by atoms with van der Waals surface area (Å²) in [5.74, 6) is -1.89. The topological polar surface area (TPSA) is 105 Å². The molecule has 1 aromatic rings. The lowest BCUT2D eigenvalue weighted by Crippen LogP contribution is -2.36. The Morgan fingerprint density at radius 3 is 2.48 bits per heavy atom. The number of nitrogens with zero attached hydrogens (tertiary/aromatic N) is 1. The molecule has 1 aromatic carbocycles. The minimum absolute atomic E-state index is 0.0593. The van der Waals surface area contributed by atoms with Crippen LogP contribution >= 0.6 is 0 Å². The minimum Gasteiger partial charge on any atom is -0.495 e. The van der Waals surface area contributed by atoms with Crippen LogP contribution in [0, 0.1) is 5.92 Å². The van der Waals surface area contributed by atoms with E-state index in [4.69, 9.17) is 9.84 Å². The van der Waals surface area contributed by atoms with E-state index in [2.05, 4.69) is 10.1 Å². The highest BCUT2D eigenvalue weighted by atomic mass is 16.5. The lowest BCUT2D eigenvalue weighted by atomic mass is 10.2. The number of hydrogen-bond donors (Lipinski definition) is 2. The van der Waals surface area contributed by atoms with E-state index in [1.165, 1.54) is 51.3 Å². The van der Waals surface area contributed by atoms with Gasteiger partial charge in [-0.25, -0.2) is 9.59 Å². The van der Waals surface area contributed by atoms with Gasteiger partial charge in [0.05, 0.1) is 31.4 Å². The summed E-state index contributed by atoms with van der Waals surface area (Å²) in [6.07, 6.45) is 0. The number of esters is 1. The summed E-state index contributed by atoms with van der Waals surface area (Å²) in [4.78, 5) is 35.6. The van der Waals surface area contributed by atoms with Gasteiger partial charge in [0.15, 0.2) is 0 Å². The summed E-state index contributed by atoms with van der Waals surface area (Å²) in [6.45, 7) is 1.57. The highest BCUT2D eigenvalue weighted by Gasteiger charge is 2.19. The lowest BCUT2D eigenvalue weighted by Gasteiger charge is -2.21. The average molecular weight is 324 g/mol. The second-order valence-corrected chi connectivity index (χ2v) is 4.96. The predicted octanol–water partition coefficient (Wildman–Crippen LogP) is 1.67. The Hall–Kier alpha value is -2.77. The van der Waals surface area contributed by atoms with Gasteiger partial charge in [0.25, 0.3) is 0 Å². The summed E-state index contributed by atoms with van der Waals surface area (Å²) in [5.41, 5.74) is 0.648. The first-order valence-electron chi connectivity index (χ1n) is 6.81. The number of amides is 2. The van der Waals surface area contributed by atoms with Crippen molar-refractivity contribution in [2.45, 2.75) is 6.92 Å². The number of anilines is 1. The number of urea groups is 1. The van der Waals surface area contributed by atoms with E-state index in [0.717, 1.165) is 0 Å². The van der Waals surface area contributed by atoms with Gasteiger partial charge < -0.3 is 24.8 Å². The van der Waals surface area contributed by atoms with E-state index >= 15 is 0 Å². The van der Waals surface area contributed by atoms with Gasteiger partial charge in [0.1, 0.15) is 5.75 Å². The number of hydrogen-bond acceptors (Lipinski definition) is 5. The van der Waals surface area contributed by atoms with Crippen LogP contribution in [-0.4, -0.2) is 55.8 Å². The van der Waals surface area contributed by atoms with Crippen molar-refractivity contribution in [1.29, 1.82) is 0 Å². The molecule has 1 rings (SSSR count). The normalized spacial score (nSPS) is 11.3. The van der Waals surface area contributed by atoms with Crippen LogP contribution in [0.2, 0.25) is 0 Å². The number of methoxy groups -OCH3 is 2. The zero-order valence-corrected chi connectivity index (χ0v) is 13.5.